The van der Waals surface area contributed by atoms with Gasteiger partial charge in [0.1, 0.15) is 0 Å². The lowest BCUT2D eigenvalue weighted by Gasteiger charge is -2.06. The molecule has 0 saturated heterocycles. The van der Waals surface area contributed by atoms with Crippen LogP contribution in [0.4, 0.5) is 11.4 Å². The Balaban J connectivity index is 1.69. The number of hydrogen-bond donors (Lipinski definition) is 1. The summed E-state index contributed by atoms with van der Waals surface area (Å²) in [4.78, 5) is 10.8. The van der Waals surface area contributed by atoms with Crippen molar-refractivity contribution in [2.45, 2.75) is 13.8 Å². The molecular formula is C26H21N3OS. The fourth-order valence-corrected chi connectivity index (χ4v) is 4.51. The van der Waals surface area contributed by atoms with E-state index in [9.17, 15) is 5.11 Å². The van der Waals surface area contributed by atoms with Gasteiger partial charge >= 0.3 is 0 Å². The molecule has 5 heteroatoms. The first-order chi connectivity index (χ1) is 15.1. The lowest BCUT2D eigenvalue weighted by molar-refractivity contribution is 0.439. The number of aryl methyl sites for hydroxylation is 2. The van der Waals surface area contributed by atoms with Gasteiger partial charge in [0.05, 0.1) is 21.9 Å². The lowest BCUT2D eigenvalue weighted by Crippen LogP contribution is -2.11. The summed E-state index contributed by atoms with van der Waals surface area (Å²) in [6.45, 7) is 4.10. The molecule has 0 spiro atoms. The lowest BCUT2D eigenvalue weighted by atomic mass is 10.1. The third-order valence-corrected chi connectivity index (χ3v) is 6.20. The van der Waals surface area contributed by atoms with Gasteiger partial charge in [0, 0.05) is 17.4 Å². The van der Waals surface area contributed by atoms with Crippen LogP contribution in [-0.4, -0.2) is 15.9 Å². The van der Waals surface area contributed by atoms with Crippen molar-refractivity contribution in [1.82, 2.24) is 4.57 Å². The Hall–Kier alpha value is -3.70. The molecule has 0 bridgehead atoms. The first-order valence-corrected chi connectivity index (χ1v) is 10.9. The van der Waals surface area contributed by atoms with Gasteiger partial charge in [0.25, 0.3) is 0 Å². The Morgan fingerprint density at radius 3 is 2.32 bits per heavy atom. The van der Waals surface area contributed by atoms with Crippen LogP contribution in [0, 0.1) is 13.8 Å². The van der Waals surface area contributed by atoms with Crippen molar-refractivity contribution in [2.24, 2.45) is 9.98 Å². The second-order valence-corrected chi connectivity index (χ2v) is 8.57. The highest BCUT2D eigenvalue weighted by Crippen LogP contribution is 2.35. The second-order valence-electron chi connectivity index (χ2n) is 7.57. The van der Waals surface area contributed by atoms with E-state index < -0.39 is 0 Å². The van der Waals surface area contributed by atoms with E-state index in [4.69, 9.17) is 4.99 Å². The standard InChI is InChI=1S/C26H21N3OS/c1-17-7-11-20(12-8-17)28-26-29(21-13-9-18(2)10-14-21)25(30)24(31-26)15-19-16-27-23-6-4-3-5-22(19)23/h3-16,30H,1-2H3. The van der Waals surface area contributed by atoms with Crippen LogP contribution in [0.5, 0.6) is 5.88 Å². The van der Waals surface area contributed by atoms with Crippen molar-refractivity contribution in [1.29, 1.82) is 0 Å². The van der Waals surface area contributed by atoms with Crippen LogP contribution in [0.15, 0.2) is 82.8 Å². The van der Waals surface area contributed by atoms with Crippen molar-refractivity contribution in [3.05, 3.63) is 99.2 Å². The largest absolute Gasteiger partial charge is 0.493 e. The maximum Gasteiger partial charge on any atom is 0.215 e. The Kier molecular flexibility index (Phi) is 4.88. The van der Waals surface area contributed by atoms with Crippen molar-refractivity contribution in [2.75, 3.05) is 0 Å². The second kappa shape index (κ2) is 7.85. The fraction of sp³-hybridized carbons (Fsp3) is 0.0769. The molecule has 0 radical (unpaired) electrons. The van der Waals surface area contributed by atoms with Crippen molar-refractivity contribution < 1.29 is 5.11 Å². The molecule has 1 aromatic heterocycles. The SMILES string of the molecule is Cc1ccc(N=c2sc(C=C3C=Nc4ccccc43)c(O)n2-c2ccc(C)cc2)cc1. The van der Waals surface area contributed by atoms with E-state index in [1.165, 1.54) is 16.9 Å². The first kappa shape index (κ1) is 19.3. The number of benzene rings is 3. The van der Waals surface area contributed by atoms with Gasteiger partial charge in [-0.25, -0.2) is 4.99 Å². The zero-order valence-electron chi connectivity index (χ0n) is 17.3. The maximum atomic E-state index is 11.2. The van der Waals surface area contributed by atoms with Gasteiger partial charge in [-0.15, -0.1) is 0 Å². The highest BCUT2D eigenvalue weighted by atomic mass is 32.1. The van der Waals surface area contributed by atoms with Crippen LogP contribution < -0.4 is 4.80 Å². The van der Waals surface area contributed by atoms with Crippen molar-refractivity contribution in [3.8, 4) is 11.6 Å². The first-order valence-electron chi connectivity index (χ1n) is 10.1. The molecule has 0 amide bonds. The van der Waals surface area contributed by atoms with E-state index in [0.29, 0.717) is 4.80 Å². The van der Waals surface area contributed by atoms with Gasteiger partial charge < -0.3 is 5.11 Å². The zero-order chi connectivity index (χ0) is 21.4. The summed E-state index contributed by atoms with van der Waals surface area (Å²) in [6.07, 6.45) is 3.82. The number of allylic oxidation sites excluding steroid dienone is 1. The average Bonchev–Trinajstić information content (AvgIpc) is 3.32. The van der Waals surface area contributed by atoms with Gasteiger partial charge in [0.15, 0.2) is 4.80 Å². The number of fused-ring (bicyclic) bond motifs is 1. The third-order valence-electron chi connectivity index (χ3n) is 5.22. The van der Waals surface area contributed by atoms with Gasteiger partial charge in [-0.3, -0.25) is 9.56 Å². The number of rotatable bonds is 3. The molecule has 3 aromatic carbocycles. The molecule has 5 rings (SSSR count). The molecule has 1 aliphatic rings. The van der Waals surface area contributed by atoms with Gasteiger partial charge in [-0.1, -0.05) is 64.9 Å². The molecule has 0 unspecified atom stereocenters. The molecule has 1 aliphatic heterocycles. The van der Waals surface area contributed by atoms with Gasteiger partial charge in [-0.05, 0) is 50.3 Å². The van der Waals surface area contributed by atoms with E-state index in [1.54, 1.807) is 4.57 Å². The number of hydrogen-bond acceptors (Lipinski definition) is 4. The van der Waals surface area contributed by atoms with Crippen LogP contribution in [0.25, 0.3) is 17.3 Å². The van der Waals surface area contributed by atoms with Crippen LogP contribution in [0.3, 0.4) is 0 Å². The number of para-hydroxylation sites is 1. The molecule has 152 valence electrons. The molecule has 4 aromatic rings. The number of thiazole rings is 1. The van der Waals surface area contributed by atoms with Crippen LogP contribution in [-0.2, 0) is 0 Å². The summed E-state index contributed by atoms with van der Waals surface area (Å²) >= 11 is 1.45. The minimum atomic E-state index is 0.171. The number of nitrogens with zero attached hydrogens (tertiary/aromatic N) is 3. The highest BCUT2D eigenvalue weighted by molar-refractivity contribution is 7.10. The number of aromatic nitrogens is 1. The fourth-order valence-electron chi connectivity index (χ4n) is 3.51. The van der Waals surface area contributed by atoms with Crippen LogP contribution in [0.2, 0.25) is 0 Å². The molecule has 0 atom stereocenters. The molecule has 31 heavy (non-hydrogen) atoms. The van der Waals surface area contributed by atoms with E-state index >= 15 is 0 Å². The summed E-state index contributed by atoms with van der Waals surface area (Å²) in [5.74, 6) is 0.171. The normalized spacial score (nSPS) is 14.4. The monoisotopic (exact) mass is 423 g/mol. The smallest absolute Gasteiger partial charge is 0.215 e. The third kappa shape index (κ3) is 3.76. The van der Waals surface area contributed by atoms with Crippen LogP contribution >= 0.6 is 11.3 Å². The molecule has 4 nitrogen and oxygen atoms in total. The summed E-state index contributed by atoms with van der Waals surface area (Å²) in [5.41, 5.74) is 7.05. The predicted octanol–water partition coefficient (Wildman–Crippen LogP) is 6.35. The predicted molar refractivity (Wildman–Crippen MR) is 129 cm³/mol. The number of aliphatic imine (C=N–C) groups is 1. The van der Waals surface area contributed by atoms with E-state index in [-0.39, 0.29) is 5.88 Å². The summed E-state index contributed by atoms with van der Waals surface area (Å²) < 4.78 is 1.80. The molecule has 0 saturated carbocycles. The molecular weight excluding hydrogens is 402 g/mol. The molecule has 0 fully saturated rings. The zero-order valence-corrected chi connectivity index (χ0v) is 18.1. The molecule has 2 heterocycles. The van der Waals surface area contributed by atoms with Crippen molar-refractivity contribution in [3.63, 3.8) is 0 Å². The van der Waals surface area contributed by atoms with Crippen LogP contribution in [0.1, 0.15) is 21.6 Å². The Labute approximate surface area is 184 Å². The van der Waals surface area contributed by atoms with Gasteiger partial charge in [-0.2, -0.15) is 0 Å². The summed E-state index contributed by atoms with van der Waals surface area (Å²) in [5, 5.41) is 11.2. The minimum Gasteiger partial charge on any atom is -0.493 e. The van der Waals surface area contributed by atoms with Crippen molar-refractivity contribution >= 4 is 40.6 Å². The quantitative estimate of drug-likeness (QED) is 0.410. The maximum absolute atomic E-state index is 11.2. The summed E-state index contributed by atoms with van der Waals surface area (Å²) in [7, 11) is 0. The average molecular weight is 424 g/mol. The topological polar surface area (TPSA) is 49.9 Å². The Morgan fingerprint density at radius 2 is 1.58 bits per heavy atom. The van der Waals surface area contributed by atoms with E-state index in [0.717, 1.165) is 38.6 Å². The van der Waals surface area contributed by atoms with E-state index in [2.05, 4.69) is 11.9 Å². The highest BCUT2D eigenvalue weighted by Gasteiger charge is 2.17. The molecule has 1 N–H and O–H groups in total. The van der Waals surface area contributed by atoms with E-state index in [1.807, 2.05) is 92.0 Å². The molecule has 0 aliphatic carbocycles. The Morgan fingerprint density at radius 1 is 0.903 bits per heavy atom. The number of aromatic hydroxyl groups is 1. The van der Waals surface area contributed by atoms with Gasteiger partial charge in [0.2, 0.25) is 5.88 Å². The minimum absolute atomic E-state index is 0.171. The summed E-state index contributed by atoms with van der Waals surface area (Å²) in [6, 6.07) is 24.1. The Bertz CT molecular complexity index is 1390.